The number of unbranched alkanes of at least 4 members (excludes halogenated alkanes) is 10. The van der Waals surface area contributed by atoms with E-state index in [1.165, 1.54) is 51.4 Å². The molecule has 4 heteroatoms. The molecule has 1 N–H and O–H groups in total. The highest BCUT2D eigenvalue weighted by Crippen LogP contribution is 2.18. The summed E-state index contributed by atoms with van der Waals surface area (Å²) in [6.07, 6.45) is 20.1. The molecule has 0 radical (unpaired) electrons. The van der Waals surface area contributed by atoms with Crippen LogP contribution in [0.15, 0.2) is 12.2 Å². The van der Waals surface area contributed by atoms with Gasteiger partial charge in [-0.1, -0.05) is 70.4 Å². The second-order valence-corrected chi connectivity index (χ2v) is 7.82. The molecule has 4 nitrogen and oxygen atoms in total. The fourth-order valence-electron chi connectivity index (χ4n) is 3.60. The molecule has 0 aromatic rings. The summed E-state index contributed by atoms with van der Waals surface area (Å²) in [5, 5.41) is 9.09. The number of carboxylic acids is 1. The number of carbonyl (C=O) groups excluding carboxylic acids is 1. The van der Waals surface area contributed by atoms with Crippen molar-refractivity contribution in [1.82, 2.24) is 4.90 Å². The summed E-state index contributed by atoms with van der Waals surface area (Å²) in [5.41, 5.74) is 0. The largest absolute Gasteiger partial charge is 0.481 e. The number of hydrogen-bond acceptors (Lipinski definition) is 2. The van der Waals surface area contributed by atoms with E-state index >= 15 is 0 Å². The van der Waals surface area contributed by atoms with Crippen molar-refractivity contribution >= 4 is 11.9 Å². The number of hydrogen-bond donors (Lipinski definition) is 1. The van der Waals surface area contributed by atoms with Crippen molar-refractivity contribution in [2.24, 2.45) is 5.92 Å². The maximum absolute atomic E-state index is 12.5. The number of amides is 1. The van der Waals surface area contributed by atoms with E-state index in [1.807, 2.05) is 13.8 Å². The molecule has 0 bridgehead atoms. The molecule has 0 saturated carbocycles. The van der Waals surface area contributed by atoms with Crippen LogP contribution in [0.25, 0.3) is 0 Å². The van der Waals surface area contributed by atoms with Gasteiger partial charge in [-0.25, -0.2) is 0 Å². The molecule has 0 aromatic carbocycles. The number of allylic oxidation sites excluding steroid dienone is 2. The Labute approximate surface area is 173 Å². The van der Waals surface area contributed by atoms with Gasteiger partial charge in [0.15, 0.2) is 0 Å². The van der Waals surface area contributed by atoms with Gasteiger partial charge in [-0.2, -0.15) is 0 Å². The predicted molar refractivity (Wildman–Crippen MR) is 119 cm³/mol. The van der Waals surface area contributed by atoms with Crippen molar-refractivity contribution in [3.05, 3.63) is 12.2 Å². The molecule has 0 fully saturated rings. The van der Waals surface area contributed by atoms with E-state index in [9.17, 15) is 9.59 Å². The van der Waals surface area contributed by atoms with Crippen LogP contribution in [0.3, 0.4) is 0 Å². The average Bonchev–Trinajstić information content (AvgIpc) is 2.67. The van der Waals surface area contributed by atoms with Crippen LogP contribution >= 0.6 is 0 Å². The van der Waals surface area contributed by atoms with Gasteiger partial charge in [-0.3, -0.25) is 9.59 Å². The van der Waals surface area contributed by atoms with Gasteiger partial charge in [0.2, 0.25) is 5.91 Å². The average molecular weight is 396 g/mol. The van der Waals surface area contributed by atoms with Gasteiger partial charge in [-0.05, 0) is 46.0 Å². The molecular formula is C24H45NO3. The van der Waals surface area contributed by atoms with E-state index in [-0.39, 0.29) is 18.2 Å². The third-order valence-electron chi connectivity index (χ3n) is 5.41. The lowest BCUT2D eigenvalue weighted by Gasteiger charge is -2.24. The van der Waals surface area contributed by atoms with E-state index in [0.717, 1.165) is 25.7 Å². The highest BCUT2D eigenvalue weighted by molar-refractivity contribution is 5.83. The Morgan fingerprint density at radius 1 is 0.786 bits per heavy atom. The molecule has 0 aliphatic heterocycles. The van der Waals surface area contributed by atoms with Gasteiger partial charge in [-0.15, -0.1) is 0 Å². The molecule has 0 heterocycles. The van der Waals surface area contributed by atoms with Crippen LogP contribution in [0.5, 0.6) is 0 Å². The van der Waals surface area contributed by atoms with Gasteiger partial charge in [0.25, 0.3) is 0 Å². The SMILES string of the molecule is CCCCCCCCCC/C=C/CCCCC(CC(=O)O)C(=O)N(CC)CC. The van der Waals surface area contributed by atoms with Gasteiger partial charge >= 0.3 is 5.97 Å². The Bertz CT molecular complexity index is 416. The summed E-state index contributed by atoms with van der Waals surface area (Å²) < 4.78 is 0. The summed E-state index contributed by atoms with van der Waals surface area (Å²) in [5.74, 6) is -1.26. The number of carboxylic acid groups (broad SMARTS) is 1. The lowest BCUT2D eigenvalue weighted by atomic mass is 9.96. The van der Waals surface area contributed by atoms with Crippen molar-refractivity contribution < 1.29 is 14.7 Å². The molecule has 0 saturated heterocycles. The van der Waals surface area contributed by atoms with Gasteiger partial charge in [0, 0.05) is 19.0 Å². The monoisotopic (exact) mass is 395 g/mol. The fraction of sp³-hybridized carbons (Fsp3) is 0.833. The van der Waals surface area contributed by atoms with Crippen LogP contribution in [0.1, 0.15) is 111 Å². The summed E-state index contributed by atoms with van der Waals surface area (Å²) in [6.45, 7) is 7.43. The smallest absolute Gasteiger partial charge is 0.304 e. The second kappa shape index (κ2) is 19.0. The Kier molecular flexibility index (Phi) is 18.1. The third-order valence-corrected chi connectivity index (χ3v) is 5.41. The number of carbonyl (C=O) groups is 2. The van der Waals surface area contributed by atoms with Crippen molar-refractivity contribution in [1.29, 1.82) is 0 Å². The molecule has 164 valence electrons. The summed E-state index contributed by atoms with van der Waals surface area (Å²) in [4.78, 5) is 25.3. The summed E-state index contributed by atoms with van der Waals surface area (Å²) in [6, 6.07) is 0. The van der Waals surface area contributed by atoms with Crippen molar-refractivity contribution in [2.45, 2.75) is 111 Å². The Hall–Kier alpha value is -1.32. The van der Waals surface area contributed by atoms with Gasteiger partial charge < -0.3 is 10.0 Å². The minimum absolute atomic E-state index is 0.00219. The van der Waals surface area contributed by atoms with Crippen LogP contribution in [0, 0.1) is 5.92 Å². The zero-order valence-corrected chi connectivity index (χ0v) is 18.8. The molecule has 1 unspecified atom stereocenters. The first-order valence-electron chi connectivity index (χ1n) is 11.7. The predicted octanol–water partition coefficient (Wildman–Crippen LogP) is 6.59. The third kappa shape index (κ3) is 14.7. The Morgan fingerprint density at radius 2 is 1.29 bits per heavy atom. The lowest BCUT2D eigenvalue weighted by molar-refractivity contribution is -0.144. The number of rotatable bonds is 19. The van der Waals surface area contributed by atoms with Crippen LogP contribution in [-0.4, -0.2) is 35.0 Å². The number of nitrogens with zero attached hydrogens (tertiary/aromatic N) is 1. The molecule has 0 aromatic heterocycles. The second-order valence-electron chi connectivity index (χ2n) is 7.82. The maximum atomic E-state index is 12.5. The molecular weight excluding hydrogens is 350 g/mol. The lowest BCUT2D eigenvalue weighted by Crippen LogP contribution is -2.36. The molecule has 1 atom stereocenters. The van der Waals surface area contributed by atoms with E-state index in [2.05, 4.69) is 19.1 Å². The molecule has 1 amide bonds. The fourth-order valence-corrected chi connectivity index (χ4v) is 3.60. The summed E-state index contributed by atoms with van der Waals surface area (Å²) in [7, 11) is 0. The van der Waals surface area contributed by atoms with E-state index in [0.29, 0.717) is 19.5 Å². The highest BCUT2D eigenvalue weighted by Gasteiger charge is 2.24. The van der Waals surface area contributed by atoms with Crippen molar-refractivity contribution in [3.8, 4) is 0 Å². The van der Waals surface area contributed by atoms with Crippen molar-refractivity contribution in [3.63, 3.8) is 0 Å². The minimum Gasteiger partial charge on any atom is -0.481 e. The van der Waals surface area contributed by atoms with Crippen LogP contribution in [0.2, 0.25) is 0 Å². The van der Waals surface area contributed by atoms with E-state index in [1.54, 1.807) is 4.90 Å². The minimum atomic E-state index is -0.879. The van der Waals surface area contributed by atoms with Gasteiger partial charge in [0.05, 0.1) is 6.42 Å². The Morgan fingerprint density at radius 3 is 1.79 bits per heavy atom. The van der Waals surface area contributed by atoms with E-state index < -0.39 is 5.97 Å². The normalized spacial score (nSPS) is 12.4. The number of aliphatic carboxylic acids is 1. The zero-order valence-electron chi connectivity index (χ0n) is 18.8. The highest BCUT2D eigenvalue weighted by atomic mass is 16.4. The Balaban J connectivity index is 3.82. The maximum Gasteiger partial charge on any atom is 0.304 e. The van der Waals surface area contributed by atoms with Crippen LogP contribution in [0.4, 0.5) is 0 Å². The molecule has 0 aliphatic rings. The zero-order chi connectivity index (χ0) is 21.0. The molecule has 0 spiro atoms. The van der Waals surface area contributed by atoms with Crippen molar-refractivity contribution in [2.75, 3.05) is 13.1 Å². The van der Waals surface area contributed by atoms with Crippen LogP contribution < -0.4 is 0 Å². The first kappa shape index (κ1) is 26.7. The quantitative estimate of drug-likeness (QED) is 0.198. The first-order chi connectivity index (χ1) is 13.6. The van der Waals surface area contributed by atoms with E-state index in [4.69, 9.17) is 5.11 Å². The standard InChI is InChI=1S/C24H45NO3/c1-4-7-8-9-10-11-12-13-14-15-16-17-18-19-20-22(21-23(26)27)24(28)25(5-2)6-3/h15-16,22H,4-14,17-21H2,1-3H3,(H,26,27)/b16-15+. The van der Waals surface area contributed by atoms with Crippen LogP contribution in [-0.2, 0) is 9.59 Å². The first-order valence-corrected chi connectivity index (χ1v) is 11.7. The molecule has 28 heavy (non-hydrogen) atoms. The molecule has 0 rings (SSSR count). The van der Waals surface area contributed by atoms with Gasteiger partial charge in [0.1, 0.15) is 0 Å². The topological polar surface area (TPSA) is 57.6 Å². The molecule has 0 aliphatic carbocycles. The summed E-state index contributed by atoms with van der Waals surface area (Å²) >= 11 is 0.